The van der Waals surface area contributed by atoms with Crippen LogP contribution >= 0.6 is 0 Å². The molecule has 0 atom stereocenters. The van der Waals surface area contributed by atoms with E-state index in [9.17, 15) is 18.0 Å². The molecule has 0 unspecified atom stereocenters. The molecule has 4 nitrogen and oxygen atoms in total. The van der Waals surface area contributed by atoms with Gasteiger partial charge in [-0.2, -0.15) is 18.3 Å². The lowest BCUT2D eigenvalue weighted by Gasteiger charge is -2.08. The van der Waals surface area contributed by atoms with Gasteiger partial charge >= 0.3 is 6.18 Å². The molecule has 138 valence electrons. The smallest absolute Gasteiger partial charge is 0.366 e. The molecule has 3 rings (SSSR count). The number of benzene rings is 2. The van der Waals surface area contributed by atoms with Gasteiger partial charge in [0.2, 0.25) is 5.91 Å². The number of carbonyl (C=O) groups is 1. The fourth-order valence-electron chi connectivity index (χ4n) is 2.59. The zero-order chi connectivity index (χ0) is 19.4. The lowest BCUT2D eigenvalue weighted by Crippen LogP contribution is -2.15. The minimum absolute atomic E-state index is 0.274. The average Bonchev–Trinajstić information content (AvgIpc) is 3.16. The largest absolute Gasteiger partial charge is 0.416 e. The summed E-state index contributed by atoms with van der Waals surface area (Å²) in [5.74, 6) is -0.619. The van der Waals surface area contributed by atoms with Crippen LogP contribution in [0.1, 0.15) is 16.7 Å². The molecule has 0 aliphatic carbocycles. The van der Waals surface area contributed by atoms with Crippen molar-refractivity contribution in [1.82, 2.24) is 9.78 Å². The van der Waals surface area contributed by atoms with E-state index in [1.807, 2.05) is 36.5 Å². The molecule has 7 heteroatoms. The highest BCUT2D eigenvalue weighted by Gasteiger charge is 2.29. The van der Waals surface area contributed by atoms with Crippen LogP contribution in [0, 0.1) is 0 Å². The molecule has 2 aromatic carbocycles. The van der Waals surface area contributed by atoms with Gasteiger partial charge < -0.3 is 5.73 Å². The number of aromatic nitrogens is 2. The summed E-state index contributed by atoms with van der Waals surface area (Å²) in [5, 5.41) is 4.14. The van der Waals surface area contributed by atoms with Crippen molar-refractivity contribution < 1.29 is 18.0 Å². The second-order valence-electron chi connectivity index (χ2n) is 5.95. The van der Waals surface area contributed by atoms with Gasteiger partial charge in [0.15, 0.2) is 0 Å². The normalized spacial score (nSPS) is 12.2. The van der Waals surface area contributed by atoms with Gasteiger partial charge in [-0.15, -0.1) is 0 Å². The molecule has 0 aliphatic heterocycles. The second kappa shape index (κ2) is 7.49. The molecular weight excluding hydrogens is 355 g/mol. The lowest BCUT2D eigenvalue weighted by atomic mass is 10.0. The number of carbonyl (C=O) groups excluding carboxylic acids is 1. The van der Waals surface area contributed by atoms with Crippen molar-refractivity contribution in [2.45, 2.75) is 12.6 Å². The lowest BCUT2D eigenvalue weighted by molar-refractivity contribution is -0.137. The highest BCUT2D eigenvalue weighted by Crippen LogP contribution is 2.29. The summed E-state index contributed by atoms with van der Waals surface area (Å²) >= 11 is 0. The molecule has 0 bridgehead atoms. The summed E-state index contributed by atoms with van der Waals surface area (Å²) in [6, 6.07) is 13.8. The number of amides is 1. The predicted molar refractivity (Wildman–Crippen MR) is 95.9 cm³/mol. The number of nitrogens with two attached hydrogens (primary N) is 1. The van der Waals surface area contributed by atoms with Crippen molar-refractivity contribution in [2.24, 2.45) is 5.73 Å². The first-order valence-corrected chi connectivity index (χ1v) is 8.09. The van der Waals surface area contributed by atoms with E-state index in [-0.39, 0.29) is 6.42 Å². The highest BCUT2D eigenvalue weighted by atomic mass is 19.4. The van der Waals surface area contributed by atoms with Crippen molar-refractivity contribution in [3.8, 4) is 5.69 Å². The zero-order valence-electron chi connectivity index (χ0n) is 14.1. The zero-order valence-corrected chi connectivity index (χ0v) is 14.1. The maximum Gasteiger partial charge on any atom is 0.416 e. The number of primary amides is 1. The number of hydrogen-bond acceptors (Lipinski definition) is 2. The van der Waals surface area contributed by atoms with E-state index in [0.29, 0.717) is 11.1 Å². The SMILES string of the molecule is NC(=O)/C(=C\c1ccc(C(F)(F)F)cc1)Cc1ccc(-n2cccn2)cc1. The maximum absolute atomic E-state index is 12.6. The Morgan fingerprint density at radius 3 is 2.26 bits per heavy atom. The molecule has 0 radical (unpaired) electrons. The van der Waals surface area contributed by atoms with E-state index in [4.69, 9.17) is 5.73 Å². The van der Waals surface area contributed by atoms with E-state index >= 15 is 0 Å². The number of hydrogen-bond donors (Lipinski definition) is 1. The van der Waals surface area contributed by atoms with Gasteiger partial charge in [-0.25, -0.2) is 4.68 Å². The van der Waals surface area contributed by atoms with Gasteiger partial charge in [-0.05, 0) is 47.5 Å². The fraction of sp³-hybridized carbons (Fsp3) is 0.100. The van der Waals surface area contributed by atoms with Crippen molar-refractivity contribution in [3.63, 3.8) is 0 Å². The van der Waals surface area contributed by atoms with Gasteiger partial charge in [0.25, 0.3) is 0 Å². The summed E-state index contributed by atoms with van der Waals surface area (Å²) in [5.41, 5.74) is 7.20. The monoisotopic (exact) mass is 371 g/mol. The van der Waals surface area contributed by atoms with Crippen LogP contribution in [-0.4, -0.2) is 15.7 Å². The first kappa shape index (κ1) is 18.4. The summed E-state index contributed by atoms with van der Waals surface area (Å²) in [6.45, 7) is 0. The Hall–Kier alpha value is -3.35. The van der Waals surface area contributed by atoms with E-state index in [0.717, 1.165) is 23.4 Å². The highest BCUT2D eigenvalue weighted by molar-refractivity contribution is 5.97. The minimum Gasteiger partial charge on any atom is -0.366 e. The topological polar surface area (TPSA) is 60.9 Å². The molecule has 2 N–H and O–H groups in total. The van der Waals surface area contributed by atoms with E-state index in [2.05, 4.69) is 5.10 Å². The van der Waals surface area contributed by atoms with Crippen molar-refractivity contribution in [3.05, 3.63) is 89.3 Å². The summed E-state index contributed by atoms with van der Waals surface area (Å²) in [7, 11) is 0. The first-order valence-electron chi connectivity index (χ1n) is 8.09. The number of halogens is 3. The van der Waals surface area contributed by atoms with E-state index < -0.39 is 17.6 Å². The summed E-state index contributed by atoms with van der Waals surface area (Å²) in [6.07, 6.45) is 0.866. The summed E-state index contributed by atoms with van der Waals surface area (Å²) in [4.78, 5) is 11.7. The molecule has 27 heavy (non-hydrogen) atoms. The Kier molecular flexibility index (Phi) is 5.12. The number of rotatable bonds is 5. The standard InChI is InChI=1S/C20H16F3N3O/c21-20(22,23)17-6-2-14(3-7-17)12-16(19(24)27)13-15-4-8-18(9-5-15)26-11-1-10-25-26/h1-12H,13H2,(H2,24,27)/b16-12-. The number of nitrogens with zero attached hydrogens (tertiary/aromatic N) is 2. The Morgan fingerprint density at radius 2 is 1.74 bits per heavy atom. The van der Waals surface area contributed by atoms with Crippen LogP contribution in [0.2, 0.25) is 0 Å². The number of alkyl halides is 3. The van der Waals surface area contributed by atoms with Gasteiger partial charge in [0.05, 0.1) is 11.3 Å². The predicted octanol–water partition coefficient (Wildman–Crippen LogP) is 4.00. The second-order valence-corrected chi connectivity index (χ2v) is 5.95. The molecule has 0 aliphatic rings. The third kappa shape index (κ3) is 4.63. The average molecular weight is 371 g/mol. The van der Waals surface area contributed by atoms with Gasteiger partial charge in [0, 0.05) is 24.4 Å². The molecule has 1 heterocycles. The quantitative estimate of drug-likeness (QED) is 0.689. The third-order valence-electron chi connectivity index (χ3n) is 4.00. The molecule has 0 saturated carbocycles. The molecule has 1 aromatic heterocycles. The Labute approximate surface area is 153 Å². The van der Waals surface area contributed by atoms with Crippen LogP contribution in [0.3, 0.4) is 0 Å². The van der Waals surface area contributed by atoms with Gasteiger partial charge in [0.1, 0.15) is 0 Å². The van der Waals surface area contributed by atoms with Crippen LogP contribution in [0.4, 0.5) is 13.2 Å². The molecule has 3 aromatic rings. The van der Waals surface area contributed by atoms with E-state index in [1.54, 1.807) is 10.9 Å². The molecule has 0 fully saturated rings. The molecule has 0 saturated heterocycles. The van der Waals surface area contributed by atoms with Crippen molar-refractivity contribution in [1.29, 1.82) is 0 Å². The molecule has 1 amide bonds. The van der Waals surface area contributed by atoms with Crippen LogP contribution in [0.25, 0.3) is 11.8 Å². The van der Waals surface area contributed by atoms with E-state index in [1.165, 1.54) is 18.2 Å². The third-order valence-corrected chi connectivity index (χ3v) is 4.00. The Morgan fingerprint density at radius 1 is 1.07 bits per heavy atom. The maximum atomic E-state index is 12.6. The Bertz CT molecular complexity index is 942. The van der Waals surface area contributed by atoms with Crippen LogP contribution in [0.15, 0.2) is 72.6 Å². The first-order chi connectivity index (χ1) is 12.8. The van der Waals surface area contributed by atoms with Crippen LogP contribution in [-0.2, 0) is 17.4 Å². The van der Waals surface area contributed by atoms with Crippen LogP contribution in [0.5, 0.6) is 0 Å². The molecule has 0 spiro atoms. The van der Waals surface area contributed by atoms with Gasteiger partial charge in [-0.3, -0.25) is 4.79 Å². The minimum atomic E-state index is -4.40. The van der Waals surface area contributed by atoms with Crippen molar-refractivity contribution >= 4 is 12.0 Å². The fourth-order valence-corrected chi connectivity index (χ4v) is 2.59. The van der Waals surface area contributed by atoms with Crippen molar-refractivity contribution in [2.75, 3.05) is 0 Å². The van der Waals surface area contributed by atoms with Crippen LogP contribution < -0.4 is 5.73 Å². The molecular formula is C20H16F3N3O. The summed E-state index contributed by atoms with van der Waals surface area (Å²) < 4.78 is 39.6. The Balaban J connectivity index is 1.79. The van der Waals surface area contributed by atoms with Gasteiger partial charge in [-0.1, -0.05) is 24.3 Å².